The minimum atomic E-state index is 1.34. The summed E-state index contributed by atoms with van der Waals surface area (Å²) in [6, 6.07) is 13.3. The molecule has 84 valence electrons. The Balaban J connectivity index is 2.44. The molecule has 0 unspecified atom stereocenters. The Morgan fingerprint density at radius 2 is 1.59 bits per heavy atom. The summed E-state index contributed by atoms with van der Waals surface area (Å²) in [5.74, 6) is 0. The van der Waals surface area contributed by atoms with Crippen molar-refractivity contribution in [2.75, 3.05) is 0 Å². The zero-order valence-electron chi connectivity index (χ0n) is 10.5. The topological polar surface area (TPSA) is 0 Å². The highest BCUT2D eigenvalue weighted by Crippen LogP contribution is 2.45. The Hall–Kier alpha value is -1.82. The van der Waals surface area contributed by atoms with Crippen LogP contribution in [0.25, 0.3) is 16.7 Å². The van der Waals surface area contributed by atoms with Gasteiger partial charge < -0.3 is 0 Å². The molecule has 0 heteroatoms. The van der Waals surface area contributed by atoms with E-state index in [0.717, 1.165) is 0 Å². The molecule has 1 aliphatic carbocycles. The highest BCUT2D eigenvalue weighted by Gasteiger charge is 2.23. The Labute approximate surface area is 103 Å². The molecule has 1 aliphatic rings. The average Bonchev–Trinajstić information content (AvgIpc) is 2.63. The Kier molecular flexibility index (Phi) is 2.19. The molecule has 0 saturated carbocycles. The third kappa shape index (κ3) is 1.37. The molecule has 0 bridgehead atoms. The van der Waals surface area contributed by atoms with Gasteiger partial charge in [0.1, 0.15) is 0 Å². The minimum Gasteiger partial charge on any atom is -0.0791 e. The summed E-state index contributed by atoms with van der Waals surface area (Å²) >= 11 is 0. The van der Waals surface area contributed by atoms with Crippen LogP contribution in [-0.4, -0.2) is 0 Å². The lowest BCUT2D eigenvalue weighted by molar-refractivity contribution is 1.37. The monoisotopic (exact) mass is 220 g/mol. The first-order valence-electron chi connectivity index (χ1n) is 6.10. The van der Waals surface area contributed by atoms with E-state index >= 15 is 0 Å². The van der Waals surface area contributed by atoms with Gasteiger partial charge in [0.25, 0.3) is 0 Å². The smallest absolute Gasteiger partial charge is 0.00728 e. The first-order valence-corrected chi connectivity index (χ1v) is 6.10. The molecule has 2 aromatic rings. The van der Waals surface area contributed by atoms with Gasteiger partial charge in [0, 0.05) is 0 Å². The van der Waals surface area contributed by atoms with Crippen LogP contribution in [0.5, 0.6) is 0 Å². The van der Waals surface area contributed by atoms with Crippen LogP contribution in [0.15, 0.2) is 42.5 Å². The van der Waals surface area contributed by atoms with E-state index in [1.165, 1.54) is 39.0 Å². The molecule has 0 saturated heterocycles. The number of benzene rings is 2. The van der Waals surface area contributed by atoms with Crippen LogP contribution in [0.2, 0.25) is 0 Å². The van der Waals surface area contributed by atoms with Gasteiger partial charge in [0.2, 0.25) is 0 Å². The van der Waals surface area contributed by atoms with Gasteiger partial charge in [-0.2, -0.15) is 0 Å². The molecule has 0 amide bonds. The first kappa shape index (κ1) is 10.3. The van der Waals surface area contributed by atoms with E-state index in [1.54, 1.807) is 0 Å². The molecule has 2 aromatic carbocycles. The zero-order valence-corrected chi connectivity index (χ0v) is 10.5. The van der Waals surface area contributed by atoms with Crippen molar-refractivity contribution in [3.05, 3.63) is 64.7 Å². The SMILES string of the molecule is C/C=C1\c2ccccc2-c2cc(C)cc(C)c21. The maximum Gasteiger partial charge on any atom is -0.00728 e. The van der Waals surface area contributed by atoms with Gasteiger partial charge in [-0.1, -0.05) is 48.0 Å². The van der Waals surface area contributed by atoms with Gasteiger partial charge in [0.05, 0.1) is 0 Å². The number of fused-ring (bicyclic) bond motifs is 3. The van der Waals surface area contributed by atoms with Crippen molar-refractivity contribution < 1.29 is 0 Å². The van der Waals surface area contributed by atoms with Crippen LogP contribution in [0.1, 0.15) is 29.2 Å². The molecule has 0 radical (unpaired) electrons. The van der Waals surface area contributed by atoms with Crippen LogP contribution >= 0.6 is 0 Å². The normalized spacial score (nSPS) is 14.9. The van der Waals surface area contributed by atoms with E-state index in [9.17, 15) is 0 Å². The third-order valence-electron chi connectivity index (χ3n) is 3.55. The predicted molar refractivity (Wildman–Crippen MR) is 74.1 cm³/mol. The number of aryl methyl sites for hydroxylation is 2. The largest absolute Gasteiger partial charge is 0.0791 e. The number of hydrogen-bond donors (Lipinski definition) is 0. The van der Waals surface area contributed by atoms with E-state index < -0.39 is 0 Å². The molecule has 0 heterocycles. The lowest BCUT2D eigenvalue weighted by Crippen LogP contribution is -1.87. The standard InChI is InChI=1S/C17H16/c1-4-13-14-7-5-6-8-15(14)16-10-11(2)9-12(3)17(13)16/h4-10H,1-3H3/b13-4+. The second kappa shape index (κ2) is 3.59. The summed E-state index contributed by atoms with van der Waals surface area (Å²) in [6.07, 6.45) is 2.23. The number of allylic oxidation sites excluding steroid dienone is 1. The summed E-state index contributed by atoms with van der Waals surface area (Å²) in [5.41, 5.74) is 9.66. The maximum absolute atomic E-state index is 2.30. The molecule has 0 aromatic heterocycles. The lowest BCUT2D eigenvalue weighted by atomic mass is 9.97. The summed E-state index contributed by atoms with van der Waals surface area (Å²) < 4.78 is 0. The van der Waals surface area contributed by atoms with Crippen LogP contribution in [-0.2, 0) is 0 Å². The second-order valence-corrected chi connectivity index (χ2v) is 4.75. The van der Waals surface area contributed by atoms with Crippen molar-refractivity contribution in [3.63, 3.8) is 0 Å². The van der Waals surface area contributed by atoms with Crippen molar-refractivity contribution in [1.29, 1.82) is 0 Å². The molecule has 0 nitrogen and oxygen atoms in total. The Bertz CT molecular complexity index is 630. The van der Waals surface area contributed by atoms with Crippen LogP contribution < -0.4 is 0 Å². The van der Waals surface area contributed by atoms with Gasteiger partial charge in [-0.3, -0.25) is 0 Å². The van der Waals surface area contributed by atoms with Crippen molar-refractivity contribution in [3.8, 4) is 11.1 Å². The fourth-order valence-electron chi connectivity index (χ4n) is 2.92. The van der Waals surface area contributed by atoms with E-state index in [4.69, 9.17) is 0 Å². The maximum atomic E-state index is 2.30. The zero-order chi connectivity index (χ0) is 12.0. The van der Waals surface area contributed by atoms with Gasteiger partial charge in [-0.05, 0) is 54.2 Å². The molecular formula is C17H16. The van der Waals surface area contributed by atoms with Crippen molar-refractivity contribution >= 4 is 5.57 Å². The van der Waals surface area contributed by atoms with Crippen molar-refractivity contribution in [2.24, 2.45) is 0 Å². The van der Waals surface area contributed by atoms with Crippen molar-refractivity contribution in [2.45, 2.75) is 20.8 Å². The Morgan fingerprint density at radius 3 is 2.29 bits per heavy atom. The molecule has 0 fully saturated rings. The molecule has 0 atom stereocenters. The summed E-state index contributed by atoms with van der Waals surface area (Å²) in [5, 5.41) is 0. The molecule has 0 aliphatic heterocycles. The quantitative estimate of drug-likeness (QED) is 0.513. The second-order valence-electron chi connectivity index (χ2n) is 4.75. The fraction of sp³-hybridized carbons (Fsp3) is 0.176. The van der Waals surface area contributed by atoms with Crippen LogP contribution in [0, 0.1) is 13.8 Å². The molecular weight excluding hydrogens is 204 g/mol. The lowest BCUT2D eigenvalue weighted by Gasteiger charge is -2.07. The summed E-state index contributed by atoms with van der Waals surface area (Å²) in [7, 11) is 0. The molecule has 17 heavy (non-hydrogen) atoms. The molecule has 0 N–H and O–H groups in total. The predicted octanol–water partition coefficient (Wildman–Crippen LogP) is 4.74. The van der Waals surface area contributed by atoms with Crippen LogP contribution in [0.4, 0.5) is 0 Å². The average molecular weight is 220 g/mol. The van der Waals surface area contributed by atoms with Crippen molar-refractivity contribution in [1.82, 2.24) is 0 Å². The number of rotatable bonds is 0. The van der Waals surface area contributed by atoms with Gasteiger partial charge in [0.15, 0.2) is 0 Å². The minimum absolute atomic E-state index is 1.34. The fourth-order valence-corrected chi connectivity index (χ4v) is 2.92. The highest BCUT2D eigenvalue weighted by atomic mass is 14.3. The van der Waals surface area contributed by atoms with Gasteiger partial charge >= 0.3 is 0 Å². The van der Waals surface area contributed by atoms with E-state index in [-0.39, 0.29) is 0 Å². The third-order valence-corrected chi connectivity index (χ3v) is 3.55. The van der Waals surface area contributed by atoms with E-state index in [0.29, 0.717) is 0 Å². The number of hydrogen-bond acceptors (Lipinski definition) is 0. The van der Waals surface area contributed by atoms with Crippen LogP contribution in [0.3, 0.4) is 0 Å². The summed E-state index contributed by atoms with van der Waals surface area (Å²) in [6.45, 7) is 6.51. The molecule has 3 rings (SSSR count). The van der Waals surface area contributed by atoms with E-state index in [1.807, 2.05) is 0 Å². The Morgan fingerprint density at radius 1 is 0.882 bits per heavy atom. The van der Waals surface area contributed by atoms with Gasteiger partial charge in [-0.25, -0.2) is 0 Å². The summed E-state index contributed by atoms with van der Waals surface area (Å²) in [4.78, 5) is 0. The first-order chi connectivity index (χ1) is 8.22. The highest BCUT2D eigenvalue weighted by molar-refractivity contribution is 6.02. The van der Waals surface area contributed by atoms with Gasteiger partial charge in [-0.15, -0.1) is 0 Å². The molecule has 0 spiro atoms. The van der Waals surface area contributed by atoms with E-state index in [2.05, 4.69) is 63.2 Å².